The molecule has 1 spiro atoms. The van der Waals surface area contributed by atoms with Gasteiger partial charge in [0.2, 0.25) is 5.88 Å². The molecule has 0 aliphatic carbocycles. The number of halogens is 1. The highest BCUT2D eigenvalue weighted by Gasteiger charge is 2.47. The van der Waals surface area contributed by atoms with Gasteiger partial charge in [0.15, 0.2) is 5.60 Å². The van der Waals surface area contributed by atoms with Gasteiger partial charge < -0.3 is 25.3 Å². The predicted molar refractivity (Wildman–Crippen MR) is 134 cm³/mol. The average Bonchev–Trinajstić information content (AvgIpc) is 2.90. The number of benzene rings is 1. The summed E-state index contributed by atoms with van der Waals surface area (Å²) >= 11 is 5.90. The number of nitrogens with two attached hydrogens (primary N) is 1. The first kappa shape index (κ1) is 22.5. The van der Waals surface area contributed by atoms with Gasteiger partial charge in [-0.25, -0.2) is 15.0 Å². The molecular weight excluding hydrogens is 482 g/mol. The van der Waals surface area contributed by atoms with Crippen LogP contribution < -0.4 is 15.8 Å². The third kappa shape index (κ3) is 3.96. The van der Waals surface area contributed by atoms with Crippen LogP contribution in [-0.4, -0.2) is 41.7 Å². The lowest BCUT2D eigenvalue weighted by atomic mass is 9.80. The summed E-state index contributed by atoms with van der Waals surface area (Å²) in [6.45, 7) is 1.70. The molecule has 1 amide bonds. The van der Waals surface area contributed by atoms with Gasteiger partial charge >= 0.3 is 0 Å². The first-order valence-electron chi connectivity index (χ1n) is 11.5. The van der Waals surface area contributed by atoms with E-state index in [0.29, 0.717) is 48.5 Å². The fraction of sp³-hybridized carbons (Fsp3) is 0.231. The van der Waals surface area contributed by atoms with E-state index < -0.39 is 5.60 Å². The molecule has 3 aliphatic rings. The molecule has 9 nitrogen and oxygen atoms in total. The summed E-state index contributed by atoms with van der Waals surface area (Å²) in [4.78, 5) is 25.8. The van der Waals surface area contributed by atoms with Crippen LogP contribution in [-0.2, 0) is 15.1 Å². The second kappa shape index (κ2) is 8.92. The van der Waals surface area contributed by atoms with Gasteiger partial charge in [0.1, 0.15) is 11.4 Å². The van der Waals surface area contributed by atoms with Crippen molar-refractivity contribution < 1.29 is 19.0 Å². The first-order chi connectivity index (χ1) is 17.5. The first-order valence-corrected chi connectivity index (χ1v) is 11.9. The summed E-state index contributed by atoms with van der Waals surface area (Å²) in [6.07, 6.45) is 6.63. The third-order valence-electron chi connectivity index (χ3n) is 6.47. The minimum absolute atomic E-state index is 0.0931. The molecule has 3 aromatic rings. The number of nitrogens with zero attached hydrogens (tertiary/aromatic N) is 3. The molecule has 10 heteroatoms. The van der Waals surface area contributed by atoms with Crippen molar-refractivity contribution in [1.82, 2.24) is 9.97 Å². The fourth-order valence-corrected chi connectivity index (χ4v) is 4.83. The predicted octanol–water partition coefficient (Wildman–Crippen LogP) is 4.27. The lowest BCUT2D eigenvalue weighted by molar-refractivity contribution is 0.0626. The number of aromatic nitrogens is 2. The molecule has 0 radical (unpaired) electrons. The molecule has 1 aromatic carbocycles. The Morgan fingerprint density at radius 2 is 2.03 bits per heavy atom. The molecule has 3 aliphatic heterocycles. The monoisotopic (exact) mass is 503 g/mol. The fourth-order valence-electron chi connectivity index (χ4n) is 4.72. The number of aliphatic imine (C=N–C) groups is 1. The van der Waals surface area contributed by atoms with E-state index in [-0.39, 0.29) is 17.6 Å². The number of rotatable bonds is 3. The van der Waals surface area contributed by atoms with Crippen molar-refractivity contribution in [3.8, 4) is 11.6 Å². The van der Waals surface area contributed by atoms with Crippen LogP contribution in [0.25, 0.3) is 5.57 Å². The van der Waals surface area contributed by atoms with E-state index >= 15 is 0 Å². The summed E-state index contributed by atoms with van der Waals surface area (Å²) in [5.74, 6) is 0.667. The van der Waals surface area contributed by atoms with Gasteiger partial charge in [-0.2, -0.15) is 0 Å². The Hall–Kier alpha value is -3.95. The minimum Gasteiger partial charge on any atom is -0.449 e. The molecule has 5 heterocycles. The number of amides is 1. The number of fused-ring (bicyclic) bond motifs is 4. The molecule has 2 aromatic heterocycles. The van der Waals surface area contributed by atoms with Gasteiger partial charge in [-0.15, -0.1) is 0 Å². The van der Waals surface area contributed by atoms with Gasteiger partial charge in [-0.05, 0) is 54.0 Å². The van der Waals surface area contributed by atoms with Crippen LogP contribution in [0.1, 0.15) is 40.0 Å². The Morgan fingerprint density at radius 3 is 2.81 bits per heavy atom. The smallest absolute Gasteiger partial charge is 0.283 e. The molecular formula is C26H22ClN5O4. The minimum atomic E-state index is -0.969. The van der Waals surface area contributed by atoms with E-state index in [1.807, 2.05) is 18.3 Å². The number of carbonyl (C=O) groups is 1. The molecule has 0 bridgehead atoms. The molecule has 36 heavy (non-hydrogen) atoms. The quantitative estimate of drug-likeness (QED) is 0.547. The number of ether oxygens (including phenoxy) is 3. The topological polar surface area (TPSA) is 121 Å². The molecule has 6 rings (SSSR count). The van der Waals surface area contributed by atoms with Crippen molar-refractivity contribution >= 4 is 34.8 Å². The normalized spacial score (nSPS) is 20.2. The molecule has 0 saturated heterocycles. The highest BCUT2D eigenvalue weighted by atomic mass is 35.5. The maximum Gasteiger partial charge on any atom is 0.283 e. The maximum atomic E-state index is 12.8. The van der Waals surface area contributed by atoms with Crippen LogP contribution in [0.4, 0.5) is 5.69 Å². The number of nitrogens with one attached hydrogen (secondary N) is 1. The van der Waals surface area contributed by atoms with Crippen LogP contribution in [0.3, 0.4) is 0 Å². The van der Waals surface area contributed by atoms with E-state index in [4.69, 9.17) is 31.5 Å². The lowest BCUT2D eigenvalue weighted by Crippen LogP contribution is -2.42. The molecule has 0 unspecified atom stereocenters. The standard InChI is InChI=1S/C26H22ClN5O4/c27-17-1-3-21(30-14-17)23(33)32-18-2-4-22-19(12-18)26(7-8-29-25(28)36-26)20-11-16(13-31-24(20)35-22)15-5-9-34-10-6-15/h1-5,11-14H,6-10H2,(H2,28,29)(H,32,33)/t26-/m0/s1. The van der Waals surface area contributed by atoms with Crippen LogP contribution in [0.15, 0.2) is 59.9 Å². The van der Waals surface area contributed by atoms with Crippen molar-refractivity contribution in [3.05, 3.63) is 82.3 Å². The van der Waals surface area contributed by atoms with Crippen molar-refractivity contribution in [2.24, 2.45) is 10.7 Å². The van der Waals surface area contributed by atoms with E-state index in [1.54, 1.807) is 24.3 Å². The molecule has 0 saturated carbocycles. The Kier molecular flexibility index (Phi) is 5.58. The second-order valence-corrected chi connectivity index (χ2v) is 9.10. The average molecular weight is 504 g/mol. The highest BCUT2D eigenvalue weighted by molar-refractivity contribution is 6.30. The number of hydrogen-bond acceptors (Lipinski definition) is 8. The maximum absolute atomic E-state index is 12.8. The Balaban J connectivity index is 1.41. The van der Waals surface area contributed by atoms with E-state index in [2.05, 4.69) is 26.4 Å². The summed E-state index contributed by atoms with van der Waals surface area (Å²) in [5.41, 5.74) is 9.56. The zero-order chi connectivity index (χ0) is 24.7. The number of anilines is 1. The second-order valence-electron chi connectivity index (χ2n) is 8.66. The highest BCUT2D eigenvalue weighted by Crippen LogP contribution is 2.52. The van der Waals surface area contributed by atoms with Crippen molar-refractivity contribution in [2.45, 2.75) is 18.4 Å². The number of hydrogen-bond donors (Lipinski definition) is 2. The Labute approximate surface area is 212 Å². The SMILES string of the molecule is NC1=NCC[C@]2(O1)c1cc(NC(=O)c3ccc(Cl)cn3)ccc1Oc1ncc(C3=CCOCC3)cc12. The van der Waals surface area contributed by atoms with E-state index in [0.717, 1.165) is 28.7 Å². The van der Waals surface area contributed by atoms with E-state index in [9.17, 15) is 4.79 Å². The lowest BCUT2D eigenvalue weighted by Gasteiger charge is -2.41. The Morgan fingerprint density at radius 1 is 1.11 bits per heavy atom. The summed E-state index contributed by atoms with van der Waals surface area (Å²) in [5, 5.41) is 3.35. The van der Waals surface area contributed by atoms with Crippen LogP contribution in [0.5, 0.6) is 11.6 Å². The summed E-state index contributed by atoms with van der Waals surface area (Å²) in [7, 11) is 0. The zero-order valence-corrected chi connectivity index (χ0v) is 19.9. The van der Waals surface area contributed by atoms with Gasteiger partial charge in [-0.3, -0.25) is 4.79 Å². The van der Waals surface area contributed by atoms with Crippen LogP contribution in [0.2, 0.25) is 5.02 Å². The zero-order valence-electron chi connectivity index (χ0n) is 19.2. The molecule has 3 N–H and O–H groups in total. The molecule has 1 atom stereocenters. The van der Waals surface area contributed by atoms with Crippen molar-refractivity contribution in [2.75, 3.05) is 25.1 Å². The summed E-state index contributed by atoms with van der Waals surface area (Å²) in [6, 6.07) is 10.7. The number of carbonyl (C=O) groups excluding carboxylic acids is 1. The number of amidine groups is 1. The van der Waals surface area contributed by atoms with Gasteiger partial charge in [-0.1, -0.05) is 17.7 Å². The van der Waals surface area contributed by atoms with Crippen LogP contribution >= 0.6 is 11.6 Å². The van der Waals surface area contributed by atoms with Gasteiger partial charge in [0.05, 0.1) is 23.8 Å². The molecule has 0 fully saturated rings. The molecule has 182 valence electrons. The number of pyridine rings is 2. The largest absolute Gasteiger partial charge is 0.449 e. The van der Waals surface area contributed by atoms with Crippen molar-refractivity contribution in [1.29, 1.82) is 0 Å². The summed E-state index contributed by atoms with van der Waals surface area (Å²) < 4.78 is 17.9. The van der Waals surface area contributed by atoms with Crippen molar-refractivity contribution in [3.63, 3.8) is 0 Å². The van der Waals surface area contributed by atoms with E-state index in [1.165, 1.54) is 6.20 Å². The third-order valence-corrected chi connectivity index (χ3v) is 6.69. The Bertz CT molecular complexity index is 1420. The van der Waals surface area contributed by atoms with Gasteiger partial charge in [0.25, 0.3) is 11.9 Å². The van der Waals surface area contributed by atoms with Gasteiger partial charge in [0, 0.05) is 36.6 Å². The van der Waals surface area contributed by atoms with Crippen LogP contribution in [0, 0.1) is 0 Å².